The highest BCUT2D eigenvalue weighted by molar-refractivity contribution is 5.78. The standard InChI is InChI=1S/C20H24N2O3/c23-19-4-2-1-3-17(19)9-10-21-20(24)15-16-5-7-18(8-6-16)22-11-13-25-14-12-22/h1-8,23H,9-15H2,(H,21,24). The van der Waals surface area contributed by atoms with Crippen molar-refractivity contribution >= 4 is 11.6 Å². The predicted octanol–water partition coefficient (Wildman–Crippen LogP) is 2.13. The molecule has 1 fully saturated rings. The first-order valence-electron chi connectivity index (χ1n) is 8.67. The van der Waals surface area contributed by atoms with Crippen molar-refractivity contribution in [1.29, 1.82) is 0 Å². The predicted molar refractivity (Wildman–Crippen MR) is 98.0 cm³/mol. The highest BCUT2D eigenvalue weighted by atomic mass is 16.5. The van der Waals surface area contributed by atoms with Gasteiger partial charge in [0.2, 0.25) is 5.91 Å². The number of phenolic OH excluding ortho intramolecular Hbond substituents is 1. The Morgan fingerprint density at radius 2 is 1.80 bits per heavy atom. The third-order valence-electron chi connectivity index (χ3n) is 4.39. The number of carbonyl (C=O) groups is 1. The number of ether oxygens (including phenoxy) is 1. The summed E-state index contributed by atoms with van der Waals surface area (Å²) in [6, 6.07) is 15.3. The summed E-state index contributed by atoms with van der Waals surface area (Å²) in [6.07, 6.45) is 0.985. The van der Waals surface area contributed by atoms with Gasteiger partial charge in [-0.3, -0.25) is 4.79 Å². The lowest BCUT2D eigenvalue weighted by Crippen LogP contribution is -2.36. The normalized spacial score (nSPS) is 14.3. The fourth-order valence-electron chi connectivity index (χ4n) is 2.95. The zero-order valence-corrected chi connectivity index (χ0v) is 14.3. The lowest BCUT2D eigenvalue weighted by molar-refractivity contribution is -0.120. The van der Waals surface area contributed by atoms with Crippen molar-refractivity contribution in [2.24, 2.45) is 0 Å². The summed E-state index contributed by atoms with van der Waals surface area (Å²) in [6.45, 7) is 3.86. The van der Waals surface area contributed by atoms with Gasteiger partial charge in [0.25, 0.3) is 0 Å². The Kier molecular flexibility index (Phi) is 5.90. The van der Waals surface area contributed by atoms with Crippen molar-refractivity contribution in [2.75, 3.05) is 37.7 Å². The molecule has 0 bridgehead atoms. The maximum absolute atomic E-state index is 12.1. The van der Waals surface area contributed by atoms with E-state index in [1.165, 1.54) is 5.69 Å². The quantitative estimate of drug-likeness (QED) is 0.846. The van der Waals surface area contributed by atoms with E-state index in [1.807, 2.05) is 24.3 Å². The number of rotatable bonds is 6. The maximum atomic E-state index is 12.1. The molecule has 5 nitrogen and oxygen atoms in total. The monoisotopic (exact) mass is 340 g/mol. The van der Waals surface area contributed by atoms with Gasteiger partial charge in [-0.15, -0.1) is 0 Å². The number of hydrogen-bond acceptors (Lipinski definition) is 4. The number of nitrogens with zero attached hydrogens (tertiary/aromatic N) is 1. The molecular formula is C20H24N2O3. The van der Waals surface area contributed by atoms with E-state index in [2.05, 4.69) is 22.3 Å². The molecule has 0 saturated carbocycles. The number of benzene rings is 2. The van der Waals surface area contributed by atoms with Gasteiger partial charge in [0, 0.05) is 25.3 Å². The molecule has 0 aliphatic carbocycles. The number of nitrogens with one attached hydrogen (secondary N) is 1. The smallest absolute Gasteiger partial charge is 0.224 e. The second kappa shape index (κ2) is 8.53. The van der Waals surface area contributed by atoms with Crippen LogP contribution < -0.4 is 10.2 Å². The van der Waals surface area contributed by atoms with E-state index >= 15 is 0 Å². The molecule has 0 atom stereocenters. The van der Waals surface area contributed by atoms with Gasteiger partial charge in [-0.05, 0) is 35.7 Å². The molecule has 1 aliphatic heterocycles. The van der Waals surface area contributed by atoms with Crippen molar-refractivity contribution < 1.29 is 14.6 Å². The Labute approximate surface area is 148 Å². The van der Waals surface area contributed by atoms with E-state index in [0.29, 0.717) is 19.4 Å². The number of aromatic hydroxyl groups is 1. The number of amides is 1. The molecule has 0 radical (unpaired) electrons. The molecular weight excluding hydrogens is 316 g/mol. The third kappa shape index (κ3) is 4.97. The molecule has 0 aromatic heterocycles. The fourth-order valence-corrected chi connectivity index (χ4v) is 2.95. The highest BCUT2D eigenvalue weighted by Gasteiger charge is 2.11. The minimum atomic E-state index is -0.00505. The van der Waals surface area contributed by atoms with Crippen molar-refractivity contribution in [3.8, 4) is 5.75 Å². The van der Waals surface area contributed by atoms with Gasteiger partial charge >= 0.3 is 0 Å². The highest BCUT2D eigenvalue weighted by Crippen LogP contribution is 2.17. The van der Waals surface area contributed by atoms with Gasteiger partial charge in [0.1, 0.15) is 5.75 Å². The van der Waals surface area contributed by atoms with Gasteiger partial charge in [0.05, 0.1) is 19.6 Å². The molecule has 25 heavy (non-hydrogen) atoms. The molecule has 3 rings (SSSR count). The summed E-state index contributed by atoms with van der Waals surface area (Å²) in [4.78, 5) is 14.4. The second-order valence-electron chi connectivity index (χ2n) is 6.17. The van der Waals surface area contributed by atoms with Gasteiger partial charge in [0.15, 0.2) is 0 Å². The minimum absolute atomic E-state index is 0.00505. The molecule has 1 saturated heterocycles. The van der Waals surface area contributed by atoms with E-state index in [9.17, 15) is 9.90 Å². The third-order valence-corrected chi connectivity index (χ3v) is 4.39. The number of anilines is 1. The largest absolute Gasteiger partial charge is 0.508 e. The lowest BCUT2D eigenvalue weighted by Gasteiger charge is -2.28. The molecule has 1 aliphatic rings. The van der Waals surface area contributed by atoms with Crippen LogP contribution in [0.2, 0.25) is 0 Å². The van der Waals surface area contributed by atoms with Crippen LogP contribution >= 0.6 is 0 Å². The Bertz CT molecular complexity index is 694. The SMILES string of the molecule is O=C(Cc1ccc(N2CCOCC2)cc1)NCCc1ccccc1O. The van der Waals surface area contributed by atoms with E-state index in [4.69, 9.17) is 4.74 Å². The molecule has 5 heteroatoms. The Hall–Kier alpha value is -2.53. The first-order valence-corrected chi connectivity index (χ1v) is 8.67. The Morgan fingerprint density at radius 3 is 2.52 bits per heavy atom. The summed E-state index contributed by atoms with van der Waals surface area (Å²) in [5.41, 5.74) is 3.02. The summed E-state index contributed by atoms with van der Waals surface area (Å²) in [5, 5.41) is 12.6. The average molecular weight is 340 g/mol. The van der Waals surface area contributed by atoms with Gasteiger partial charge in [-0.25, -0.2) is 0 Å². The van der Waals surface area contributed by atoms with E-state index in [1.54, 1.807) is 12.1 Å². The topological polar surface area (TPSA) is 61.8 Å². The number of carbonyl (C=O) groups excluding carboxylic acids is 1. The Balaban J connectivity index is 1.45. The van der Waals surface area contributed by atoms with Crippen molar-refractivity contribution in [1.82, 2.24) is 5.32 Å². The Morgan fingerprint density at radius 1 is 1.08 bits per heavy atom. The first-order chi connectivity index (χ1) is 12.2. The zero-order valence-electron chi connectivity index (χ0n) is 14.3. The van der Waals surface area contributed by atoms with Gasteiger partial charge < -0.3 is 20.1 Å². The minimum Gasteiger partial charge on any atom is -0.508 e. The van der Waals surface area contributed by atoms with Gasteiger partial charge in [-0.1, -0.05) is 30.3 Å². The van der Waals surface area contributed by atoms with Crippen molar-refractivity contribution in [2.45, 2.75) is 12.8 Å². The fraction of sp³-hybridized carbons (Fsp3) is 0.350. The van der Waals surface area contributed by atoms with E-state index in [-0.39, 0.29) is 11.7 Å². The number of phenols is 1. The number of morpholine rings is 1. The summed E-state index contributed by atoms with van der Waals surface area (Å²) in [5.74, 6) is 0.269. The van der Waals surface area contributed by atoms with Crippen LogP contribution in [0.25, 0.3) is 0 Å². The summed E-state index contributed by atoms with van der Waals surface area (Å²) >= 11 is 0. The van der Waals surface area contributed by atoms with Crippen LogP contribution in [0, 0.1) is 0 Å². The van der Waals surface area contributed by atoms with Crippen LogP contribution in [0.4, 0.5) is 5.69 Å². The van der Waals surface area contributed by atoms with Crippen molar-refractivity contribution in [3.05, 3.63) is 59.7 Å². The second-order valence-corrected chi connectivity index (χ2v) is 6.17. The van der Waals surface area contributed by atoms with E-state index < -0.39 is 0 Å². The molecule has 0 unspecified atom stereocenters. The molecule has 132 valence electrons. The summed E-state index contributed by atoms with van der Waals surface area (Å²) in [7, 11) is 0. The number of hydrogen-bond donors (Lipinski definition) is 2. The van der Waals surface area contributed by atoms with Crippen LogP contribution in [0.5, 0.6) is 5.75 Å². The molecule has 2 aromatic carbocycles. The van der Waals surface area contributed by atoms with Crippen LogP contribution in [-0.2, 0) is 22.4 Å². The van der Waals surface area contributed by atoms with Crippen molar-refractivity contribution in [3.63, 3.8) is 0 Å². The zero-order chi connectivity index (χ0) is 17.5. The number of para-hydroxylation sites is 1. The van der Waals surface area contributed by atoms with E-state index in [0.717, 1.165) is 37.4 Å². The summed E-state index contributed by atoms with van der Waals surface area (Å²) < 4.78 is 5.36. The van der Waals surface area contributed by atoms with Crippen LogP contribution in [0.15, 0.2) is 48.5 Å². The maximum Gasteiger partial charge on any atom is 0.224 e. The molecule has 0 spiro atoms. The first kappa shape index (κ1) is 17.3. The molecule has 2 N–H and O–H groups in total. The van der Waals surface area contributed by atoms with Crippen LogP contribution in [-0.4, -0.2) is 43.9 Å². The van der Waals surface area contributed by atoms with Gasteiger partial charge in [-0.2, -0.15) is 0 Å². The van der Waals surface area contributed by atoms with Crippen LogP contribution in [0.1, 0.15) is 11.1 Å². The average Bonchev–Trinajstić information content (AvgIpc) is 2.65. The molecule has 1 amide bonds. The molecule has 1 heterocycles. The lowest BCUT2D eigenvalue weighted by atomic mass is 10.1. The van der Waals surface area contributed by atoms with Crippen LogP contribution in [0.3, 0.4) is 0 Å². The molecule has 2 aromatic rings.